The molecule has 5 nitrogen and oxygen atoms in total. The third-order valence-corrected chi connectivity index (χ3v) is 4.42. The second kappa shape index (κ2) is 11.9. The van der Waals surface area contributed by atoms with E-state index in [2.05, 4.69) is 15.6 Å². The van der Waals surface area contributed by atoms with Gasteiger partial charge in [-0.15, -0.1) is 24.0 Å². The molecule has 0 spiro atoms. The summed E-state index contributed by atoms with van der Waals surface area (Å²) in [6.07, 6.45) is 2.61. The maximum atomic E-state index is 11.2. The predicted octanol–water partition coefficient (Wildman–Crippen LogP) is 2.88. The van der Waals surface area contributed by atoms with E-state index in [4.69, 9.17) is 11.6 Å². The van der Waals surface area contributed by atoms with Gasteiger partial charge in [-0.25, -0.2) is 8.42 Å². The molecule has 1 aromatic rings. The number of guanidine groups is 1. The summed E-state index contributed by atoms with van der Waals surface area (Å²) in [6.45, 7) is 5.33. The molecule has 8 heteroatoms. The van der Waals surface area contributed by atoms with E-state index in [-0.39, 0.29) is 35.8 Å². The van der Waals surface area contributed by atoms with Crippen molar-refractivity contribution in [3.63, 3.8) is 0 Å². The monoisotopic (exact) mass is 487 g/mol. The smallest absolute Gasteiger partial charge is 0.191 e. The van der Waals surface area contributed by atoms with Crippen molar-refractivity contribution in [2.24, 2.45) is 4.99 Å². The molecule has 0 fully saturated rings. The van der Waals surface area contributed by atoms with Gasteiger partial charge >= 0.3 is 0 Å². The molecule has 0 saturated carbocycles. The first-order chi connectivity index (χ1) is 10.8. The van der Waals surface area contributed by atoms with Crippen molar-refractivity contribution in [1.82, 2.24) is 10.6 Å². The first-order valence-electron chi connectivity index (χ1n) is 7.77. The summed E-state index contributed by atoms with van der Waals surface area (Å²) in [5, 5.41) is 7.14. The number of hydrogen-bond acceptors (Lipinski definition) is 3. The SMILES string of the molecule is CCNC(=NCCc1cccc(Cl)c1)NC(C)CCS(C)(=O)=O.I. The molecule has 0 saturated heterocycles. The van der Waals surface area contributed by atoms with E-state index in [9.17, 15) is 8.42 Å². The van der Waals surface area contributed by atoms with Crippen LogP contribution in [0, 0.1) is 0 Å². The van der Waals surface area contributed by atoms with Gasteiger partial charge in [0.2, 0.25) is 0 Å². The molecule has 0 aliphatic carbocycles. The van der Waals surface area contributed by atoms with Gasteiger partial charge in [-0.1, -0.05) is 23.7 Å². The molecule has 2 N–H and O–H groups in total. The molecule has 1 rings (SSSR count). The van der Waals surface area contributed by atoms with E-state index < -0.39 is 9.84 Å². The topological polar surface area (TPSA) is 70.6 Å². The van der Waals surface area contributed by atoms with Crippen LogP contribution < -0.4 is 10.6 Å². The molecule has 1 unspecified atom stereocenters. The van der Waals surface area contributed by atoms with E-state index in [0.717, 1.165) is 23.6 Å². The lowest BCUT2D eigenvalue weighted by Gasteiger charge is -2.17. The third kappa shape index (κ3) is 11.1. The zero-order valence-corrected chi connectivity index (χ0v) is 18.3. The zero-order chi connectivity index (χ0) is 17.3. The maximum Gasteiger partial charge on any atom is 0.191 e. The maximum absolute atomic E-state index is 11.2. The number of benzene rings is 1. The highest BCUT2D eigenvalue weighted by Gasteiger charge is 2.09. The first-order valence-corrected chi connectivity index (χ1v) is 10.2. The average molecular weight is 488 g/mol. The zero-order valence-electron chi connectivity index (χ0n) is 14.4. The fraction of sp³-hybridized carbons (Fsp3) is 0.562. The molecular formula is C16H27ClIN3O2S. The summed E-state index contributed by atoms with van der Waals surface area (Å²) in [4.78, 5) is 4.52. The number of hydrogen-bond donors (Lipinski definition) is 2. The van der Waals surface area contributed by atoms with Gasteiger partial charge in [-0.05, 0) is 44.4 Å². The number of nitrogens with one attached hydrogen (secondary N) is 2. The van der Waals surface area contributed by atoms with Crippen molar-refractivity contribution in [3.05, 3.63) is 34.9 Å². The highest BCUT2D eigenvalue weighted by Crippen LogP contribution is 2.11. The second-order valence-electron chi connectivity index (χ2n) is 5.60. The number of aliphatic imine (C=N–C) groups is 1. The Labute approximate surface area is 167 Å². The summed E-state index contributed by atoms with van der Waals surface area (Å²) in [5.74, 6) is 0.874. The first kappa shape index (κ1) is 23.5. The van der Waals surface area contributed by atoms with Gasteiger partial charge in [0.25, 0.3) is 0 Å². The fourth-order valence-corrected chi connectivity index (χ4v) is 3.00. The molecule has 138 valence electrons. The number of rotatable bonds is 8. The molecule has 0 bridgehead atoms. The van der Waals surface area contributed by atoms with Crippen molar-refractivity contribution in [3.8, 4) is 0 Å². The minimum Gasteiger partial charge on any atom is -0.357 e. The minimum absolute atomic E-state index is 0. The Kier molecular flexibility index (Phi) is 11.6. The van der Waals surface area contributed by atoms with Crippen molar-refractivity contribution in [1.29, 1.82) is 0 Å². The summed E-state index contributed by atoms with van der Waals surface area (Å²) in [6, 6.07) is 7.78. The van der Waals surface area contributed by atoms with Crippen LogP contribution >= 0.6 is 35.6 Å². The molecule has 0 amide bonds. The lowest BCUT2D eigenvalue weighted by molar-refractivity contribution is 0.581. The predicted molar refractivity (Wildman–Crippen MR) is 113 cm³/mol. The average Bonchev–Trinajstić information content (AvgIpc) is 2.45. The molecule has 0 aromatic heterocycles. The quantitative estimate of drug-likeness (QED) is 0.336. The number of halogens is 2. The van der Waals surface area contributed by atoms with Gasteiger partial charge in [0.05, 0.1) is 5.75 Å². The number of nitrogens with zero attached hydrogens (tertiary/aromatic N) is 1. The van der Waals surface area contributed by atoms with Crippen molar-refractivity contribution in [2.45, 2.75) is 32.7 Å². The molecule has 0 radical (unpaired) electrons. The Balaban J connectivity index is 0.00000529. The third-order valence-electron chi connectivity index (χ3n) is 3.21. The Bertz CT molecular complexity index is 624. The molecular weight excluding hydrogens is 461 g/mol. The van der Waals surface area contributed by atoms with Gasteiger partial charge in [-0.3, -0.25) is 4.99 Å². The molecule has 0 aliphatic rings. The van der Waals surface area contributed by atoms with Crippen molar-refractivity contribution >= 4 is 51.4 Å². The summed E-state index contributed by atoms with van der Waals surface area (Å²) in [7, 11) is -2.94. The fourth-order valence-electron chi connectivity index (χ4n) is 2.01. The van der Waals surface area contributed by atoms with Gasteiger partial charge in [0.1, 0.15) is 9.84 Å². The Morgan fingerprint density at radius 1 is 1.38 bits per heavy atom. The van der Waals surface area contributed by atoms with E-state index in [1.54, 1.807) is 0 Å². The van der Waals surface area contributed by atoms with Gasteiger partial charge < -0.3 is 10.6 Å². The lowest BCUT2D eigenvalue weighted by atomic mass is 10.1. The Morgan fingerprint density at radius 2 is 2.08 bits per heavy atom. The van der Waals surface area contributed by atoms with Gasteiger partial charge in [0, 0.05) is 30.4 Å². The molecule has 1 atom stereocenters. The van der Waals surface area contributed by atoms with E-state index in [1.807, 2.05) is 38.1 Å². The van der Waals surface area contributed by atoms with Crippen LogP contribution in [0.3, 0.4) is 0 Å². The van der Waals surface area contributed by atoms with Crippen molar-refractivity contribution < 1.29 is 8.42 Å². The summed E-state index contributed by atoms with van der Waals surface area (Å²) in [5.41, 5.74) is 1.14. The summed E-state index contributed by atoms with van der Waals surface area (Å²) >= 11 is 5.97. The highest BCUT2D eigenvalue weighted by molar-refractivity contribution is 14.0. The van der Waals surface area contributed by atoms with Crippen LogP contribution in [0.2, 0.25) is 5.02 Å². The van der Waals surface area contributed by atoms with Crippen LogP contribution in [0.5, 0.6) is 0 Å². The Morgan fingerprint density at radius 3 is 2.67 bits per heavy atom. The molecule has 0 heterocycles. The Hall–Kier alpha value is -0.540. The second-order valence-corrected chi connectivity index (χ2v) is 8.30. The largest absolute Gasteiger partial charge is 0.357 e. The van der Waals surface area contributed by atoms with Gasteiger partial charge in [-0.2, -0.15) is 0 Å². The van der Waals surface area contributed by atoms with Crippen LogP contribution in [0.4, 0.5) is 0 Å². The van der Waals surface area contributed by atoms with E-state index >= 15 is 0 Å². The highest BCUT2D eigenvalue weighted by atomic mass is 127. The standard InChI is InChI=1S/C16H26ClN3O2S.HI/c1-4-18-16(20-13(2)9-11-23(3,21)22)19-10-8-14-6-5-7-15(17)12-14;/h5-7,12-13H,4,8-11H2,1-3H3,(H2,18,19,20);1H. The lowest BCUT2D eigenvalue weighted by Crippen LogP contribution is -2.43. The molecule has 24 heavy (non-hydrogen) atoms. The van der Waals surface area contributed by atoms with Crippen LogP contribution in [-0.2, 0) is 16.3 Å². The van der Waals surface area contributed by atoms with Gasteiger partial charge in [0.15, 0.2) is 5.96 Å². The van der Waals surface area contributed by atoms with Crippen LogP contribution in [-0.4, -0.2) is 45.5 Å². The van der Waals surface area contributed by atoms with Crippen molar-refractivity contribution in [2.75, 3.05) is 25.1 Å². The number of sulfone groups is 1. The minimum atomic E-state index is -2.94. The molecule has 0 aliphatic heterocycles. The van der Waals surface area contributed by atoms with Crippen LogP contribution in [0.15, 0.2) is 29.3 Å². The summed E-state index contributed by atoms with van der Waals surface area (Å²) < 4.78 is 22.4. The normalized spacial score (nSPS) is 13.1. The van der Waals surface area contributed by atoms with E-state index in [0.29, 0.717) is 18.9 Å². The van der Waals surface area contributed by atoms with Crippen LogP contribution in [0.1, 0.15) is 25.8 Å². The molecule has 1 aromatic carbocycles. The van der Waals surface area contributed by atoms with E-state index in [1.165, 1.54) is 6.26 Å². The van der Waals surface area contributed by atoms with Crippen LogP contribution in [0.25, 0.3) is 0 Å².